The van der Waals surface area contributed by atoms with E-state index >= 15 is 0 Å². The van der Waals surface area contributed by atoms with Crippen LogP contribution < -0.4 is 14.4 Å². The van der Waals surface area contributed by atoms with E-state index in [9.17, 15) is 9.59 Å². The van der Waals surface area contributed by atoms with Gasteiger partial charge in [0.2, 0.25) is 11.8 Å². The molecule has 0 radical (unpaired) electrons. The Kier molecular flexibility index (Phi) is 4.54. The molecule has 0 aliphatic rings. The van der Waals surface area contributed by atoms with Crippen LogP contribution in [0.1, 0.15) is 13.8 Å². The number of thiazole rings is 1. The maximum Gasteiger partial charge on any atom is 0.309 e. The summed E-state index contributed by atoms with van der Waals surface area (Å²) in [6, 6.07) is 7.07. The maximum atomic E-state index is 11.9. The molecule has 0 saturated heterocycles. The van der Waals surface area contributed by atoms with E-state index in [2.05, 4.69) is 4.98 Å². The van der Waals surface area contributed by atoms with Gasteiger partial charge in [-0.15, -0.1) is 11.3 Å². The highest BCUT2D eigenvalue weighted by atomic mass is 32.1. The highest BCUT2D eigenvalue weighted by Gasteiger charge is 2.19. The molecule has 0 bridgehead atoms. The molecule has 1 amide bonds. The third kappa shape index (κ3) is 3.57. The lowest BCUT2D eigenvalue weighted by Gasteiger charge is -2.18. The van der Waals surface area contributed by atoms with Crippen LogP contribution >= 0.6 is 11.3 Å². The lowest BCUT2D eigenvalue weighted by atomic mass is 10.3. The van der Waals surface area contributed by atoms with Gasteiger partial charge in [0.25, 0.3) is 0 Å². The molecule has 1 heterocycles. The fraction of sp³-hybridized carbons (Fsp3) is 0.214. The van der Waals surface area contributed by atoms with Crippen molar-refractivity contribution in [2.75, 3.05) is 12.0 Å². The van der Waals surface area contributed by atoms with Crippen molar-refractivity contribution in [3.8, 4) is 11.6 Å². The Morgan fingerprint density at radius 2 is 2.05 bits per heavy atom. The number of rotatable bonds is 4. The zero-order valence-electron chi connectivity index (χ0n) is 11.8. The third-order valence-corrected chi connectivity index (χ3v) is 3.34. The molecule has 0 atom stereocenters. The smallest absolute Gasteiger partial charge is 0.309 e. The standard InChI is InChI=1S/C14H14N2O4S/c1-9(17)16(11-5-4-6-12(7-11)19-3)14-15-13(8-21-14)20-10(2)18/h4-8H,1-3H3. The Bertz CT molecular complexity index is 668. The predicted molar refractivity (Wildman–Crippen MR) is 79.2 cm³/mol. The normalized spacial score (nSPS) is 10.0. The van der Waals surface area contributed by atoms with Crippen LogP contribution in [0.2, 0.25) is 0 Å². The van der Waals surface area contributed by atoms with E-state index < -0.39 is 5.97 Å². The number of hydrogen-bond acceptors (Lipinski definition) is 6. The number of aromatic nitrogens is 1. The molecule has 0 aliphatic carbocycles. The number of amides is 1. The quantitative estimate of drug-likeness (QED) is 0.812. The molecule has 2 rings (SSSR count). The van der Waals surface area contributed by atoms with Gasteiger partial charge in [0.05, 0.1) is 18.2 Å². The van der Waals surface area contributed by atoms with Crippen molar-refractivity contribution in [3.63, 3.8) is 0 Å². The predicted octanol–water partition coefficient (Wildman–Crippen LogP) is 2.76. The summed E-state index contributed by atoms with van der Waals surface area (Å²) < 4.78 is 10.1. The minimum atomic E-state index is -0.456. The molecular formula is C14H14N2O4S. The summed E-state index contributed by atoms with van der Waals surface area (Å²) in [6.45, 7) is 2.73. The average molecular weight is 306 g/mol. The molecule has 7 heteroatoms. The largest absolute Gasteiger partial charge is 0.497 e. The molecule has 21 heavy (non-hydrogen) atoms. The van der Waals surface area contributed by atoms with Gasteiger partial charge in [0.15, 0.2) is 5.13 Å². The van der Waals surface area contributed by atoms with Crippen LogP contribution in [0.4, 0.5) is 10.8 Å². The molecule has 0 aliphatic heterocycles. The molecule has 0 unspecified atom stereocenters. The third-order valence-electron chi connectivity index (χ3n) is 2.54. The number of methoxy groups -OCH3 is 1. The number of ether oxygens (including phenoxy) is 2. The van der Waals surface area contributed by atoms with Crippen LogP contribution in [0.25, 0.3) is 0 Å². The monoisotopic (exact) mass is 306 g/mol. The van der Waals surface area contributed by atoms with Crippen LogP contribution in [-0.4, -0.2) is 24.0 Å². The Labute approximate surface area is 125 Å². The molecule has 1 aromatic carbocycles. The van der Waals surface area contributed by atoms with E-state index in [-0.39, 0.29) is 11.8 Å². The first-order valence-electron chi connectivity index (χ1n) is 6.10. The minimum absolute atomic E-state index is 0.177. The maximum absolute atomic E-state index is 11.9. The van der Waals surface area contributed by atoms with Crippen molar-refractivity contribution in [2.24, 2.45) is 0 Å². The van der Waals surface area contributed by atoms with Gasteiger partial charge < -0.3 is 9.47 Å². The van der Waals surface area contributed by atoms with Crippen LogP contribution in [-0.2, 0) is 9.59 Å². The van der Waals surface area contributed by atoms with Crippen molar-refractivity contribution in [1.82, 2.24) is 4.98 Å². The zero-order chi connectivity index (χ0) is 15.4. The van der Waals surface area contributed by atoms with E-state index in [0.717, 1.165) is 0 Å². The fourth-order valence-electron chi connectivity index (χ4n) is 1.72. The molecule has 0 spiro atoms. The number of benzene rings is 1. The molecule has 6 nitrogen and oxygen atoms in total. The Hall–Kier alpha value is -2.41. The van der Waals surface area contributed by atoms with E-state index in [0.29, 0.717) is 16.6 Å². The molecule has 1 aromatic heterocycles. The molecular weight excluding hydrogens is 292 g/mol. The second kappa shape index (κ2) is 6.36. The van der Waals surface area contributed by atoms with E-state index in [1.807, 2.05) is 0 Å². The fourth-order valence-corrected chi connectivity index (χ4v) is 2.51. The lowest BCUT2D eigenvalue weighted by molar-refractivity contribution is -0.132. The van der Waals surface area contributed by atoms with Gasteiger partial charge in [-0.3, -0.25) is 14.5 Å². The molecule has 110 valence electrons. The van der Waals surface area contributed by atoms with Crippen molar-refractivity contribution >= 4 is 34.0 Å². The summed E-state index contributed by atoms with van der Waals surface area (Å²) in [5.74, 6) is 0.154. The molecule has 0 fully saturated rings. The number of anilines is 2. The average Bonchev–Trinajstić information content (AvgIpc) is 2.86. The second-order valence-electron chi connectivity index (χ2n) is 4.12. The highest BCUT2D eigenvalue weighted by Crippen LogP contribution is 2.32. The van der Waals surface area contributed by atoms with Crippen LogP contribution in [0, 0.1) is 0 Å². The van der Waals surface area contributed by atoms with E-state index in [1.165, 1.54) is 30.1 Å². The summed E-state index contributed by atoms with van der Waals surface area (Å²) in [6.07, 6.45) is 0. The van der Waals surface area contributed by atoms with E-state index in [4.69, 9.17) is 9.47 Å². The summed E-state index contributed by atoms with van der Waals surface area (Å²) >= 11 is 1.21. The van der Waals surface area contributed by atoms with Gasteiger partial charge in [-0.05, 0) is 12.1 Å². The minimum Gasteiger partial charge on any atom is -0.497 e. The highest BCUT2D eigenvalue weighted by molar-refractivity contribution is 7.14. The first kappa shape index (κ1) is 15.0. The van der Waals surface area contributed by atoms with Crippen molar-refractivity contribution in [1.29, 1.82) is 0 Å². The van der Waals surface area contributed by atoms with Gasteiger partial charge in [0.1, 0.15) is 5.75 Å². The van der Waals surface area contributed by atoms with Gasteiger partial charge in [0, 0.05) is 19.9 Å². The van der Waals surface area contributed by atoms with Gasteiger partial charge in [-0.25, -0.2) is 0 Å². The summed E-state index contributed by atoms with van der Waals surface area (Å²) in [7, 11) is 1.55. The Balaban J connectivity index is 2.36. The van der Waals surface area contributed by atoms with Crippen LogP contribution in [0.3, 0.4) is 0 Å². The summed E-state index contributed by atoms with van der Waals surface area (Å²) in [5.41, 5.74) is 0.630. The van der Waals surface area contributed by atoms with Crippen LogP contribution in [0.5, 0.6) is 11.6 Å². The van der Waals surface area contributed by atoms with Crippen molar-refractivity contribution in [2.45, 2.75) is 13.8 Å². The van der Waals surface area contributed by atoms with Crippen molar-refractivity contribution in [3.05, 3.63) is 29.6 Å². The summed E-state index contributed by atoms with van der Waals surface area (Å²) in [5, 5.41) is 2.00. The second-order valence-corrected chi connectivity index (χ2v) is 4.95. The number of carbonyl (C=O) groups is 2. The molecule has 2 aromatic rings. The Morgan fingerprint density at radius 1 is 1.29 bits per heavy atom. The number of carbonyl (C=O) groups excluding carboxylic acids is 2. The van der Waals surface area contributed by atoms with Crippen molar-refractivity contribution < 1.29 is 19.1 Å². The number of esters is 1. The number of hydrogen-bond donors (Lipinski definition) is 0. The first-order chi connectivity index (χ1) is 10.0. The number of nitrogens with zero attached hydrogens (tertiary/aromatic N) is 2. The Morgan fingerprint density at radius 3 is 2.67 bits per heavy atom. The topological polar surface area (TPSA) is 68.7 Å². The molecule has 0 saturated carbocycles. The van der Waals surface area contributed by atoms with E-state index in [1.54, 1.807) is 36.8 Å². The summed E-state index contributed by atoms with van der Waals surface area (Å²) in [4.78, 5) is 28.4. The lowest BCUT2D eigenvalue weighted by Crippen LogP contribution is -2.22. The van der Waals surface area contributed by atoms with Gasteiger partial charge in [-0.1, -0.05) is 6.07 Å². The van der Waals surface area contributed by atoms with Gasteiger partial charge in [-0.2, -0.15) is 4.98 Å². The van der Waals surface area contributed by atoms with Gasteiger partial charge >= 0.3 is 5.97 Å². The van der Waals surface area contributed by atoms with Crippen LogP contribution in [0.15, 0.2) is 29.6 Å². The SMILES string of the molecule is COc1cccc(N(C(C)=O)c2nc(OC(C)=O)cs2)c1. The first-order valence-corrected chi connectivity index (χ1v) is 6.98. The molecule has 0 N–H and O–H groups in total. The zero-order valence-corrected chi connectivity index (χ0v) is 12.6.